The molecule has 0 bridgehead atoms. The first kappa shape index (κ1) is 21.0. The van der Waals surface area contributed by atoms with E-state index in [1.165, 1.54) is 11.8 Å². The quantitative estimate of drug-likeness (QED) is 0.346. The summed E-state index contributed by atoms with van der Waals surface area (Å²) < 4.78 is 23.6. The number of ether oxygens (including phenoxy) is 2. The Hall–Kier alpha value is -3.27. The molecule has 1 aromatic carbocycles. The second kappa shape index (κ2) is 9.25. The molecular formula is C21H23N5O4S. The van der Waals surface area contributed by atoms with E-state index >= 15 is 0 Å². The van der Waals surface area contributed by atoms with Gasteiger partial charge in [0.2, 0.25) is 11.7 Å². The number of methoxy groups -OCH3 is 2. The molecule has 0 aliphatic heterocycles. The molecule has 3 aromatic heterocycles. The number of thioether (sulfide) groups is 1. The third-order valence-electron chi connectivity index (χ3n) is 4.44. The van der Waals surface area contributed by atoms with Gasteiger partial charge in [-0.1, -0.05) is 30.8 Å². The van der Waals surface area contributed by atoms with Gasteiger partial charge in [0.1, 0.15) is 0 Å². The number of nitrogens with zero attached hydrogens (tertiary/aromatic N) is 5. The molecule has 0 fully saturated rings. The number of furan rings is 1. The summed E-state index contributed by atoms with van der Waals surface area (Å²) in [6.45, 7) is 5.06. The number of hydrogen-bond acceptors (Lipinski definition) is 9. The highest BCUT2D eigenvalue weighted by molar-refractivity contribution is 7.98. The highest BCUT2D eigenvalue weighted by Gasteiger charge is 2.19. The minimum absolute atomic E-state index is 0.420. The Labute approximate surface area is 183 Å². The lowest BCUT2D eigenvalue weighted by molar-refractivity contribution is 0.355. The van der Waals surface area contributed by atoms with Gasteiger partial charge in [0.25, 0.3) is 0 Å². The molecule has 0 aliphatic carbocycles. The predicted octanol–water partition coefficient (Wildman–Crippen LogP) is 4.55. The monoisotopic (exact) mass is 441 g/mol. The SMILES string of the molecule is COc1ccc(-c2noc(CSc3nnc(-c4ccco4)n3CC(C)C)n2)cc1OC. The van der Waals surface area contributed by atoms with Crippen LogP contribution in [0.5, 0.6) is 11.5 Å². The molecule has 0 atom stereocenters. The Morgan fingerprint density at radius 2 is 1.94 bits per heavy atom. The van der Waals surface area contributed by atoms with Crippen molar-refractivity contribution in [1.29, 1.82) is 0 Å². The van der Waals surface area contributed by atoms with Gasteiger partial charge in [0, 0.05) is 12.1 Å². The van der Waals surface area contributed by atoms with Crippen molar-refractivity contribution in [3.63, 3.8) is 0 Å². The number of hydrogen-bond donors (Lipinski definition) is 0. The van der Waals surface area contributed by atoms with E-state index in [9.17, 15) is 0 Å². The topological polar surface area (TPSA) is 101 Å². The van der Waals surface area contributed by atoms with Crippen LogP contribution in [0, 0.1) is 5.92 Å². The van der Waals surface area contributed by atoms with Crippen molar-refractivity contribution in [3.05, 3.63) is 42.5 Å². The van der Waals surface area contributed by atoms with E-state index < -0.39 is 0 Å². The van der Waals surface area contributed by atoms with Crippen LogP contribution < -0.4 is 9.47 Å². The van der Waals surface area contributed by atoms with Crippen molar-refractivity contribution in [3.8, 4) is 34.5 Å². The van der Waals surface area contributed by atoms with Crippen LogP contribution in [0.1, 0.15) is 19.7 Å². The summed E-state index contributed by atoms with van der Waals surface area (Å²) in [5.41, 5.74) is 0.778. The van der Waals surface area contributed by atoms with Gasteiger partial charge in [0.15, 0.2) is 28.2 Å². The highest BCUT2D eigenvalue weighted by Crippen LogP contribution is 2.32. The minimum atomic E-state index is 0.420. The fourth-order valence-corrected chi connectivity index (χ4v) is 3.83. The van der Waals surface area contributed by atoms with Gasteiger partial charge in [-0.15, -0.1) is 10.2 Å². The summed E-state index contributed by atoms with van der Waals surface area (Å²) in [5.74, 6) is 4.50. The predicted molar refractivity (Wildman–Crippen MR) is 115 cm³/mol. The summed E-state index contributed by atoms with van der Waals surface area (Å²) >= 11 is 1.49. The van der Waals surface area contributed by atoms with E-state index in [0.717, 1.165) is 17.3 Å². The summed E-state index contributed by atoms with van der Waals surface area (Å²) in [4.78, 5) is 4.50. The molecule has 9 nitrogen and oxygen atoms in total. The van der Waals surface area contributed by atoms with Gasteiger partial charge < -0.3 is 18.4 Å². The molecule has 4 rings (SSSR count). The summed E-state index contributed by atoms with van der Waals surface area (Å²) in [7, 11) is 3.18. The Morgan fingerprint density at radius 1 is 1.10 bits per heavy atom. The van der Waals surface area contributed by atoms with Crippen LogP contribution in [-0.2, 0) is 12.3 Å². The molecule has 0 aliphatic rings. The third kappa shape index (κ3) is 4.58. The normalized spacial score (nSPS) is 11.3. The molecule has 0 N–H and O–H groups in total. The van der Waals surface area contributed by atoms with E-state index in [1.54, 1.807) is 20.5 Å². The smallest absolute Gasteiger partial charge is 0.237 e. The van der Waals surface area contributed by atoms with Crippen LogP contribution in [0.3, 0.4) is 0 Å². The molecule has 0 unspecified atom stereocenters. The molecule has 4 aromatic rings. The zero-order valence-electron chi connectivity index (χ0n) is 17.7. The summed E-state index contributed by atoms with van der Waals surface area (Å²) in [6, 6.07) is 9.20. The first-order valence-corrected chi connectivity index (χ1v) is 10.7. The first-order valence-electron chi connectivity index (χ1n) is 9.74. The molecular weight excluding hydrogens is 418 g/mol. The second-order valence-electron chi connectivity index (χ2n) is 7.16. The average Bonchev–Trinajstić information content (AvgIpc) is 3.52. The Balaban J connectivity index is 1.51. The Morgan fingerprint density at radius 3 is 2.65 bits per heavy atom. The van der Waals surface area contributed by atoms with Gasteiger partial charge in [0.05, 0.1) is 26.2 Å². The zero-order chi connectivity index (χ0) is 21.8. The number of aromatic nitrogens is 5. The maximum atomic E-state index is 5.51. The van der Waals surface area contributed by atoms with Gasteiger partial charge in [-0.25, -0.2) is 0 Å². The summed E-state index contributed by atoms with van der Waals surface area (Å²) in [6.07, 6.45) is 1.63. The van der Waals surface area contributed by atoms with E-state index in [1.807, 2.05) is 30.3 Å². The largest absolute Gasteiger partial charge is 0.493 e. The molecule has 0 saturated heterocycles. The van der Waals surface area contributed by atoms with Crippen molar-refractivity contribution in [1.82, 2.24) is 24.9 Å². The molecule has 3 heterocycles. The van der Waals surface area contributed by atoms with Crippen LogP contribution in [0.15, 0.2) is 50.7 Å². The lowest BCUT2D eigenvalue weighted by Crippen LogP contribution is -2.07. The lowest BCUT2D eigenvalue weighted by Gasteiger charge is -2.10. The van der Waals surface area contributed by atoms with Gasteiger partial charge in [-0.2, -0.15) is 4.98 Å². The van der Waals surface area contributed by atoms with Crippen molar-refractivity contribution >= 4 is 11.8 Å². The molecule has 0 saturated carbocycles. The van der Waals surface area contributed by atoms with Gasteiger partial charge in [-0.05, 0) is 36.2 Å². The summed E-state index contributed by atoms with van der Waals surface area (Å²) in [5, 5.41) is 13.5. The van der Waals surface area contributed by atoms with E-state index in [-0.39, 0.29) is 0 Å². The number of rotatable bonds is 9. The van der Waals surface area contributed by atoms with Crippen molar-refractivity contribution < 1.29 is 18.4 Å². The van der Waals surface area contributed by atoms with Gasteiger partial charge in [-0.3, -0.25) is 4.57 Å². The minimum Gasteiger partial charge on any atom is -0.493 e. The first-order chi connectivity index (χ1) is 15.1. The molecule has 0 spiro atoms. The van der Waals surface area contributed by atoms with E-state index in [2.05, 4.69) is 38.8 Å². The number of benzene rings is 1. The fourth-order valence-electron chi connectivity index (χ4n) is 3.05. The molecule has 31 heavy (non-hydrogen) atoms. The maximum Gasteiger partial charge on any atom is 0.237 e. The van der Waals surface area contributed by atoms with Crippen LogP contribution in [0.25, 0.3) is 23.0 Å². The highest BCUT2D eigenvalue weighted by atomic mass is 32.2. The van der Waals surface area contributed by atoms with Crippen LogP contribution in [0.4, 0.5) is 0 Å². The standard InChI is InChI=1S/C21H23N5O4S/c1-13(2)11-26-20(16-6-5-9-29-16)23-24-21(26)31-12-18-22-19(25-30-18)14-7-8-15(27-3)17(10-14)28-4/h5-10,13H,11-12H2,1-4H3. The van der Waals surface area contributed by atoms with Crippen LogP contribution in [0.2, 0.25) is 0 Å². The maximum absolute atomic E-state index is 5.51. The average molecular weight is 442 g/mol. The van der Waals surface area contributed by atoms with E-state index in [0.29, 0.717) is 46.5 Å². The lowest BCUT2D eigenvalue weighted by atomic mass is 10.2. The van der Waals surface area contributed by atoms with E-state index in [4.69, 9.17) is 18.4 Å². The fraction of sp³-hybridized carbons (Fsp3) is 0.333. The Bertz CT molecular complexity index is 1140. The second-order valence-corrected chi connectivity index (χ2v) is 8.10. The zero-order valence-corrected chi connectivity index (χ0v) is 18.5. The Kier molecular flexibility index (Phi) is 6.26. The van der Waals surface area contributed by atoms with Crippen molar-refractivity contribution in [2.45, 2.75) is 31.3 Å². The molecule has 10 heteroatoms. The van der Waals surface area contributed by atoms with Crippen LogP contribution >= 0.6 is 11.8 Å². The third-order valence-corrected chi connectivity index (χ3v) is 5.39. The molecule has 162 valence electrons. The molecule has 0 radical (unpaired) electrons. The van der Waals surface area contributed by atoms with Crippen molar-refractivity contribution in [2.75, 3.05) is 14.2 Å². The van der Waals surface area contributed by atoms with Crippen molar-refractivity contribution in [2.24, 2.45) is 5.92 Å². The molecule has 0 amide bonds. The van der Waals surface area contributed by atoms with Crippen LogP contribution in [-0.4, -0.2) is 39.1 Å². The van der Waals surface area contributed by atoms with Gasteiger partial charge >= 0.3 is 0 Å².